The Morgan fingerprint density at radius 2 is 2.04 bits per heavy atom. The van der Waals surface area contributed by atoms with Gasteiger partial charge in [0.1, 0.15) is 6.61 Å². The van der Waals surface area contributed by atoms with Gasteiger partial charge < -0.3 is 20.3 Å². The highest BCUT2D eigenvalue weighted by Gasteiger charge is 2.39. The van der Waals surface area contributed by atoms with Crippen LogP contribution in [0.3, 0.4) is 0 Å². The van der Waals surface area contributed by atoms with Gasteiger partial charge in [0, 0.05) is 32.1 Å². The van der Waals surface area contributed by atoms with Gasteiger partial charge in [-0.2, -0.15) is 0 Å². The molecule has 6 heteroatoms. The highest BCUT2D eigenvalue weighted by atomic mass is 16.5. The van der Waals surface area contributed by atoms with Gasteiger partial charge >= 0.3 is 0 Å². The van der Waals surface area contributed by atoms with Gasteiger partial charge in [-0.25, -0.2) is 0 Å². The third-order valence-electron chi connectivity index (χ3n) is 5.44. The van der Waals surface area contributed by atoms with Crippen molar-refractivity contribution >= 4 is 11.8 Å². The Kier molecular flexibility index (Phi) is 6.63. The van der Waals surface area contributed by atoms with Gasteiger partial charge in [0.25, 0.3) is 0 Å². The molecule has 0 saturated carbocycles. The Hall–Kier alpha value is -1.92. The highest BCUT2D eigenvalue weighted by Crippen LogP contribution is 2.31. The fourth-order valence-corrected chi connectivity index (χ4v) is 4.05. The monoisotopic (exact) mass is 359 g/mol. The first-order valence-corrected chi connectivity index (χ1v) is 9.58. The van der Waals surface area contributed by atoms with Gasteiger partial charge in [-0.15, -0.1) is 0 Å². The number of rotatable bonds is 7. The quantitative estimate of drug-likeness (QED) is 0.798. The Morgan fingerprint density at radius 3 is 2.81 bits per heavy atom. The van der Waals surface area contributed by atoms with Gasteiger partial charge in [0.15, 0.2) is 0 Å². The van der Waals surface area contributed by atoms with E-state index in [1.165, 1.54) is 0 Å². The van der Waals surface area contributed by atoms with E-state index in [9.17, 15) is 9.59 Å². The molecule has 26 heavy (non-hydrogen) atoms. The van der Waals surface area contributed by atoms with E-state index in [-0.39, 0.29) is 24.5 Å². The zero-order chi connectivity index (χ0) is 18.4. The minimum absolute atomic E-state index is 0.0461. The third-order valence-corrected chi connectivity index (χ3v) is 5.44. The van der Waals surface area contributed by atoms with Gasteiger partial charge in [-0.1, -0.05) is 30.3 Å². The molecule has 1 aromatic carbocycles. The largest absolute Gasteiger partial charge is 0.367 e. The molecule has 6 nitrogen and oxygen atoms in total. The molecule has 2 N–H and O–H groups in total. The van der Waals surface area contributed by atoms with E-state index in [0.717, 1.165) is 37.9 Å². The molecule has 0 radical (unpaired) electrons. The molecule has 2 fully saturated rings. The number of amides is 2. The molecule has 2 heterocycles. The van der Waals surface area contributed by atoms with Crippen molar-refractivity contribution in [3.63, 3.8) is 0 Å². The fourth-order valence-electron chi connectivity index (χ4n) is 4.05. The lowest BCUT2D eigenvalue weighted by Gasteiger charge is -2.47. The first-order chi connectivity index (χ1) is 12.7. The first kappa shape index (κ1) is 18.9. The summed E-state index contributed by atoms with van der Waals surface area (Å²) in [6.45, 7) is 3.33. The van der Waals surface area contributed by atoms with Crippen LogP contribution in [0.5, 0.6) is 0 Å². The van der Waals surface area contributed by atoms with Crippen molar-refractivity contribution in [2.24, 2.45) is 11.7 Å². The number of fused-ring (bicyclic) bond motifs is 1. The summed E-state index contributed by atoms with van der Waals surface area (Å²) in [5.74, 6) is 0.660. The summed E-state index contributed by atoms with van der Waals surface area (Å²) >= 11 is 0. The van der Waals surface area contributed by atoms with Crippen molar-refractivity contribution in [3.05, 3.63) is 35.9 Å². The number of benzene rings is 1. The van der Waals surface area contributed by atoms with Crippen LogP contribution in [-0.2, 0) is 20.9 Å². The van der Waals surface area contributed by atoms with E-state index >= 15 is 0 Å². The molecule has 2 aliphatic rings. The Balaban J connectivity index is 1.48. The van der Waals surface area contributed by atoms with E-state index in [0.29, 0.717) is 32.0 Å². The standard InChI is InChI=1S/C20H29N3O3/c21-10-4-11-23-18-9-12-22(13-17(18)7-8-19(23)24)20(25)15-26-14-16-5-2-1-3-6-16/h1-3,5-6,17-18H,4,7-15,21H2/t17-,18+/m0/s1. The summed E-state index contributed by atoms with van der Waals surface area (Å²) in [6, 6.07) is 10.1. The number of piperidine rings is 2. The zero-order valence-electron chi connectivity index (χ0n) is 15.3. The molecule has 1 aromatic rings. The van der Waals surface area contributed by atoms with Gasteiger partial charge in [-0.05, 0) is 37.3 Å². The van der Waals surface area contributed by atoms with Crippen molar-refractivity contribution in [2.75, 3.05) is 32.8 Å². The molecule has 0 aliphatic carbocycles. The van der Waals surface area contributed by atoms with Crippen LogP contribution in [0.1, 0.15) is 31.2 Å². The second-order valence-electron chi connectivity index (χ2n) is 7.20. The average Bonchev–Trinajstić information content (AvgIpc) is 2.67. The Morgan fingerprint density at radius 1 is 1.23 bits per heavy atom. The normalized spacial score (nSPS) is 23.0. The van der Waals surface area contributed by atoms with Crippen molar-refractivity contribution in [1.82, 2.24) is 9.80 Å². The second kappa shape index (κ2) is 9.14. The van der Waals surface area contributed by atoms with Crippen LogP contribution in [0.15, 0.2) is 30.3 Å². The number of ether oxygens (including phenoxy) is 1. The molecular weight excluding hydrogens is 330 g/mol. The lowest BCUT2D eigenvalue weighted by atomic mass is 9.83. The number of carbonyl (C=O) groups excluding carboxylic acids is 2. The summed E-state index contributed by atoms with van der Waals surface area (Å²) in [6.07, 6.45) is 3.14. The molecule has 2 atom stereocenters. The van der Waals surface area contributed by atoms with Crippen molar-refractivity contribution in [1.29, 1.82) is 0 Å². The SMILES string of the molecule is NCCCN1C(=O)CC[C@H]2CN(C(=O)COCc3ccccc3)CC[C@H]21. The Labute approximate surface area is 155 Å². The number of hydrogen-bond acceptors (Lipinski definition) is 4. The predicted molar refractivity (Wildman–Crippen MR) is 99.2 cm³/mol. The number of likely N-dealkylation sites (tertiary alicyclic amines) is 2. The fraction of sp³-hybridized carbons (Fsp3) is 0.600. The van der Waals surface area contributed by atoms with Crippen molar-refractivity contribution < 1.29 is 14.3 Å². The van der Waals surface area contributed by atoms with Crippen LogP contribution in [0.25, 0.3) is 0 Å². The summed E-state index contributed by atoms with van der Waals surface area (Å²) in [7, 11) is 0. The summed E-state index contributed by atoms with van der Waals surface area (Å²) in [5, 5.41) is 0. The van der Waals surface area contributed by atoms with Crippen LogP contribution in [-0.4, -0.2) is 60.4 Å². The van der Waals surface area contributed by atoms with E-state index in [4.69, 9.17) is 10.5 Å². The average molecular weight is 359 g/mol. The van der Waals surface area contributed by atoms with E-state index in [1.54, 1.807) is 0 Å². The summed E-state index contributed by atoms with van der Waals surface area (Å²) in [5.41, 5.74) is 6.67. The van der Waals surface area contributed by atoms with Gasteiger partial charge in [-0.3, -0.25) is 9.59 Å². The smallest absolute Gasteiger partial charge is 0.248 e. The molecule has 2 amide bonds. The molecular formula is C20H29N3O3. The third kappa shape index (κ3) is 4.62. The number of hydrogen-bond donors (Lipinski definition) is 1. The maximum Gasteiger partial charge on any atom is 0.248 e. The molecule has 3 rings (SSSR count). The van der Waals surface area contributed by atoms with Crippen molar-refractivity contribution in [2.45, 2.75) is 38.3 Å². The minimum Gasteiger partial charge on any atom is -0.367 e. The van der Waals surface area contributed by atoms with Crippen LogP contribution in [0, 0.1) is 5.92 Å². The molecule has 2 aliphatic heterocycles. The van der Waals surface area contributed by atoms with E-state index < -0.39 is 0 Å². The predicted octanol–water partition coefficient (Wildman–Crippen LogP) is 1.39. The maximum absolute atomic E-state index is 12.5. The van der Waals surface area contributed by atoms with Crippen molar-refractivity contribution in [3.8, 4) is 0 Å². The minimum atomic E-state index is 0.0461. The zero-order valence-corrected chi connectivity index (χ0v) is 15.3. The topological polar surface area (TPSA) is 75.9 Å². The molecule has 2 saturated heterocycles. The molecule has 0 spiro atoms. The Bertz CT molecular complexity index is 608. The molecule has 0 aromatic heterocycles. The highest BCUT2D eigenvalue weighted by molar-refractivity contribution is 5.79. The van der Waals surface area contributed by atoms with Crippen LogP contribution < -0.4 is 5.73 Å². The summed E-state index contributed by atoms with van der Waals surface area (Å²) < 4.78 is 5.59. The lowest BCUT2D eigenvalue weighted by molar-refractivity contribution is -0.146. The van der Waals surface area contributed by atoms with Crippen LogP contribution in [0.4, 0.5) is 0 Å². The lowest BCUT2D eigenvalue weighted by Crippen LogP contribution is -2.57. The second-order valence-corrected chi connectivity index (χ2v) is 7.20. The molecule has 0 unspecified atom stereocenters. The van der Waals surface area contributed by atoms with Gasteiger partial charge in [0.05, 0.1) is 6.61 Å². The molecule has 0 bridgehead atoms. The van der Waals surface area contributed by atoms with Crippen LogP contribution in [0.2, 0.25) is 0 Å². The molecule has 142 valence electrons. The number of nitrogens with zero attached hydrogens (tertiary/aromatic N) is 2. The van der Waals surface area contributed by atoms with Crippen LogP contribution >= 0.6 is 0 Å². The van der Waals surface area contributed by atoms with E-state index in [1.807, 2.05) is 40.1 Å². The van der Waals surface area contributed by atoms with Gasteiger partial charge in [0.2, 0.25) is 11.8 Å². The first-order valence-electron chi connectivity index (χ1n) is 9.58. The number of nitrogens with two attached hydrogens (primary N) is 1. The maximum atomic E-state index is 12.5. The summed E-state index contributed by atoms with van der Waals surface area (Å²) in [4.78, 5) is 28.6. The number of carbonyl (C=O) groups is 2. The van der Waals surface area contributed by atoms with E-state index in [2.05, 4.69) is 0 Å².